The standard InChI is InChI=1S/C10H14N2O2S/c1-6-5-15-9(11-6)7-2-3-8(4-7)12-10(13)14/h5,7-8,12H,2-4H2,1H3,(H,13,14)/t7-,8+/m1/s1. The third-order valence-electron chi connectivity index (χ3n) is 2.75. The van der Waals surface area contributed by atoms with Crippen molar-refractivity contribution in [2.45, 2.75) is 38.1 Å². The average molecular weight is 226 g/mol. The second-order valence-corrected chi connectivity index (χ2v) is 4.87. The Hall–Kier alpha value is -1.10. The summed E-state index contributed by atoms with van der Waals surface area (Å²) in [6.45, 7) is 1.99. The molecule has 2 N–H and O–H groups in total. The van der Waals surface area contributed by atoms with Crippen LogP contribution in [0, 0.1) is 6.92 Å². The molecule has 1 amide bonds. The number of aryl methyl sites for hydroxylation is 1. The van der Waals surface area contributed by atoms with Crippen molar-refractivity contribution in [3.05, 3.63) is 16.1 Å². The van der Waals surface area contributed by atoms with E-state index in [1.54, 1.807) is 11.3 Å². The summed E-state index contributed by atoms with van der Waals surface area (Å²) in [6, 6.07) is 0.108. The van der Waals surface area contributed by atoms with E-state index < -0.39 is 6.09 Å². The lowest BCUT2D eigenvalue weighted by Crippen LogP contribution is -2.31. The lowest BCUT2D eigenvalue weighted by Gasteiger charge is -2.09. The molecule has 1 heterocycles. The Balaban J connectivity index is 1.95. The Morgan fingerprint density at radius 3 is 3.07 bits per heavy atom. The molecule has 2 atom stereocenters. The maximum absolute atomic E-state index is 10.5. The lowest BCUT2D eigenvalue weighted by atomic mass is 10.1. The SMILES string of the molecule is Cc1csc([C@@H]2CC[C@H](NC(=O)O)C2)n1. The number of nitrogens with one attached hydrogen (secondary N) is 1. The third kappa shape index (κ3) is 2.47. The van der Waals surface area contributed by atoms with Crippen molar-refractivity contribution in [3.8, 4) is 0 Å². The summed E-state index contributed by atoms with van der Waals surface area (Å²) in [5.41, 5.74) is 1.06. The Morgan fingerprint density at radius 2 is 2.47 bits per heavy atom. The van der Waals surface area contributed by atoms with Crippen molar-refractivity contribution >= 4 is 17.4 Å². The zero-order valence-corrected chi connectivity index (χ0v) is 9.38. The van der Waals surface area contributed by atoms with Gasteiger partial charge >= 0.3 is 6.09 Å². The number of carboxylic acid groups (broad SMARTS) is 1. The predicted molar refractivity (Wildman–Crippen MR) is 58.4 cm³/mol. The summed E-state index contributed by atoms with van der Waals surface area (Å²) in [7, 11) is 0. The van der Waals surface area contributed by atoms with Crippen LogP contribution in [0.15, 0.2) is 5.38 Å². The molecule has 4 nitrogen and oxygen atoms in total. The molecule has 2 rings (SSSR count). The minimum Gasteiger partial charge on any atom is -0.465 e. The molecule has 0 saturated heterocycles. The van der Waals surface area contributed by atoms with Crippen LogP contribution in [0.3, 0.4) is 0 Å². The maximum Gasteiger partial charge on any atom is 0.404 e. The first kappa shape index (κ1) is 10.4. The molecule has 82 valence electrons. The molecule has 1 fully saturated rings. The second-order valence-electron chi connectivity index (χ2n) is 3.98. The van der Waals surface area contributed by atoms with Crippen molar-refractivity contribution in [2.75, 3.05) is 0 Å². The molecule has 15 heavy (non-hydrogen) atoms. The van der Waals surface area contributed by atoms with Crippen molar-refractivity contribution in [2.24, 2.45) is 0 Å². The first-order valence-electron chi connectivity index (χ1n) is 5.06. The molecule has 1 aromatic rings. The van der Waals surface area contributed by atoms with Crippen LogP contribution in [-0.2, 0) is 0 Å². The van der Waals surface area contributed by atoms with Gasteiger partial charge in [-0.1, -0.05) is 0 Å². The molecular formula is C10H14N2O2S. The van der Waals surface area contributed by atoms with Crippen LogP contribution >= 0.6 is 11.3 Å². The number of hydrogen-bond donors (Lipinski definition) is 2. The summed E-state index contributed by atoms with van der Waals surface area (Å²) in [5, 5.41) is 14.4. The molecule has 1 aromatic heterocycles. The highest BCUT2D eigenvalue weighted by atomic mass is 32.1. The van der Waals surface area contributed by atoms with Crippen LogP contribution < -0.4 is 5.32 Å². The van der Waals surface area contributed by atoms with E-state index in [0.717, 1.165) is 30.0 Å². The molecule has 0 radical (unpaired) electrons. The number of hydrogen-bond acceptors (Lipinski definition) is 3. The van der Waals surface area contributed by atoms with Crippen molar-refractivity contribution in [1.82, 2.24) is 10.3 Å². The minimum atomic E-state index is -0.920. The molecule has 1 aliphatic carbocycles. The molecule has 1 saturated carbocycles. The molecule has 1 aliphatic rings. The van der Waals surface area contributed by atoms with Gasteiger partial charge in [0.25, 0.3) is 0 Å². The van der Waals surface area contributed by atoms with Crippen molar-refractivity contribution < 1.29 is 9.90 Å². The van der Waals surface area contributed by atoms with E-state index in [0.29, 0.717) is 5.92 Å². The van der Waals surface area contributed by atoms with Gasteiger partial charge in [-0.2, -0.15) is 0 Å². The smallest absolute Gasteiger partial charge is 0.404 e. The topological polar surface area (TPSA) is 62.2 Å². The zero-order chi connectivity index (χ0) is 10.8. The van der Waals surface area contributed by atoms with Crippen LogP contribution in [0.1, 0.15) is 35.9 Å². The predicted octanol–water partition coefficient (Wildman–Crippen LogP) is 2.36. The number of thiazole rings is 1. The van der Waals surface area contributed by atoms with Crippen molar-refractivity contribution in [1.29, 1.82) is 0 Å². The largest absolute Gasteiger partial charge is 0.465 e. The molecule has 0 bridgehead atoms. The summed E-state index contributed by atoms with van der Waals surface area (Å²) >= 11 is 1.68. The van der Waals surface area contributed by atoms with Crippen LogP contribution in [0.5, 0.6) is 0 Å². The quantitative estimate of drug-likeness (QED) is 0.813. The van der Waals surface area contributed by atoms with E-state index in [9.17, 15) is 4.79 Å². The highest BCUT2D eigenvalue weighted by molar-refractivity contribution is 7.09. The molecule has 5 heteroatoms. The fourth-order valence-corrected chi connectivity index (χ4v) is 3.02. The summed E-state index contributed by atoms with van der Waals surface area (Å²) in [4.78, 5) is 14.9. The molecular weight excluding hydrogens is 212 g/mol. The van der Waals surface area contributed by atoms with E-state index in [4.69, 9.17) is 5.11 Å². The Labute approximate surface area is 92.3 Å². The van der Waals surface area contributed by atoms with E-state index >= 15 is 0 Å². The third-order valence-corrected chi connectivity index (χ3v) is 3.87. The highest BCUT2D eigenvalue weighted by Gasteiger charge is 2.28. The lowest BCUT2D eigenvalue weighted by molar-refractivity contribution is 0.190. The van der Waals surface area contributed by atoms with Gasteiger partial charge in [0, 0.05) is 23.0 Å². The fourth-order valence-electron chi connectivity index (χ4n) is 2.07. The monoisotopic (exact) mass is 226 g/mol. The minimum absolute atomic E-state index is 0.108. The van der Waals surface area contributed by atoms with Crippen LogP contribution in [0.2, 0.25) is 0 Å². The van der Waals surface area contributed by atoms with Gasteiger partial charge < -0.3 is 10.4 Å². The van der Waals surface area contributed by atoms with E-state index in [1.165, 1.54) is 0 Å². The van der Waals surface area contributed by atoms with Gasteiger partial charge in [0.2, 0.25) is 0 Å². The number of amides is 1. The summed E-state index contributed by atoms with van der Waals surface area (Å²) in [6.07, 6.45) is 1.93. The molecule has 0 aromatic carbocycles. The van der Waals surface area contributed by atoms with Crippen molar-refractivity contribution in [3.63, 3.8) is 0 Å². The second kappa shape index (κ2) is 4.18. The van der Waals surface area contributed by atoms with E-state index in [2.05, 4.69) is 10.3 Å². The van der Waals surface area contributed by atoms with Gasteiger partial charge in [-0.15, -0.1) is 11.3 Å². The molecule has 0 aliphatic heterocycles. The Bertz CT molecular complexity index is 364. The number of rotatable bonds is 2. The van der Waals surface area contributed by atoms with Crippen LogP contribution in [-0.4, -0.2) is 22.2 Å². The maximum atomic E-state index is 10.5. The van der Waals surface area contributed by atoms with Gasteiger partial charge in [-0.25, -0.2) is 9.78 Å². The number of nitrogens with zero attached hydrogens (tertiary/aromatic N) is 1. The fraction of sp³-hybridized carbons (Fsp3) is 0.600. The summed E-state index contributed by atoms with van der Waals surface area (Å²) in [5.74, 6) is 0.445. The van der Waals surface area contributed by atoms with Crippen LogP contribution in [0.4, 0.5) is 4.79 Å². The van der Waals surface area contributed by atoms with Gasteiger partial charge in [0.15, 0.2) is 0 Å². The van der Waals surface area contributed by atoms with Gasteiger partial charge in [-0.3, -0.25) is 0 Å². The Kier molecular flexibility index (Phi) is 2.90. The molecule has 0 spiro atoms. The average Bonchev–Trinajstić information content (AvgIpc) is 2.72. The normalized spacial score (nSPS) is 25.4. The van der Waals surface area contributed by atoms with Gasteiger partial charge in [0.05, 0.1) is 5.01 Å². The first-order chi connectivity index (χ1) is 7.15. The summed E-state index contributed by atoms with van der Waals surface area (Å²) < 4.78 is 0. The van der Waals surface area contributed by atoms with Gasteiger partial charge in [-0.05, 0) is 26.2 Å². The van der Waals surface area contributed by atoms with Crippen LogP contribution in [0.25, 0.3) is 0 Å². The van der Waals surface area contributed by atoms with E-state index in [1.807, 2.05) is 12.3 Å². The highest BCUT2D eigenvalue weighted by Crippen LogP contribution is 2.35. The Morgan fingerprint density at radius 1 is 1.67 bits per heavy atom. The number of aromatic nitrogens is 1. The zero-order valence-electron chi connectivity index (χ0n) is 8.56. The number of carbonyl (C=O) groups is 1. The first-order valence-corrected chi connectivity index (χ1v) is 5.94. The van der Waals surface area contributed by atoms with Gasteiger partial charge in [0.1, 0.15) is 0 Å². The molecule has 0 unspecified atom stereocenters. The van der Waals surface area contributed by atoms with E-state index in [-0.39, 0.29) is 6.04 Å².